The molecule has 0 aromatic carbocycles. The van der Waals surface area contributed by atoms with Crippen LogP contribution in [0.1, 0.15) is 121 Å². The highest BCUT2D eigenvalue weighted by Gasteiger charge is 2.72. The van der Waals surface area contributed by atoms with Gasteiger partial charge in [0, 0.05) is 12.3 Å². The smallest absolute Gasteiger partial charge is 0.321 e. The average Bonchev–Trinajstić information content (AvgIpc) is 3.10. The number of esters is 1. The van der Waals surface area contributed by atoms with Gasteiger partial charge in [-0.05, 0) is 105 Å². The lowest BCUT2D eigenvalue weighted by Crippen LogP contribution is -2.60. The first-order chi connectivity index (χ1) is 19.0. The maximum Gasteiger partial charge on any atom is 0.321 e. The van der Waals surface area contributed by atoms with Crippen LogP contribution in [-0.4, -0.2) is 28.9 Å². The van der Waals surface area contributed by atoms with Gasteiger partial charge in [0.1, 0.15) is 11.2 Å². The van der Waals surface area contributed by atoms with Gasteiger partial charge in [0.25, 0.3) is 0 Å². The third-order valence-electron chi connectivity index (χ3n) is 9.39. The number of fused-ring (bicyclic) bond motifs is 2. The number of ether oxygens (including phenoxy) is 1. The summed E-state index contributed by atoms with van der Waals surface area (Å²) in [7, 11) is 0. The van der Waals surface area contributed by atoms with E-state index in [9.17, 15) is 19.2 Å². The van der Waals surface area contributed by atoms with Gasteiger partial charge in [0.2, 0.25) is 11.4 Å². The molecule has 0 radical (unpaired) electrons. The Morgan fingerprint density at radius 3 is 1.93 bits per heavy atom. The van der Waals surface area contributed by atoms with E-state index in [0.29, 0.717) is 25.7 Å². The molecule has 2 aliphatic rings. The number of carbonyl (C=O) groups excluding carboxylic acids is 4. The van der Waals surface area contributed by atoms with E-state index >= 15 is 0 Å². The first-order valence-electron chi connectivity index (χ1n) is 15.4. The molecule has 0 amide bonds. The van der Waals surface area contributed by atoms with Crippen molar-refractivity contribution in [3.05, 3.63) is 46.6 Å². The van der Waals surface area contributed by atoms with Crippen LogP contribution in [0.4, 0.5) is 0 Å². The predicted octanol–water partition coefficient (Wildman–Crippen LogP) is 8.48. The second-order valence-electron chi connectivity index (χ2n) is 13.9. The maximum atomic E-state index is 15.0. The van der Waals surface area contributed by atoms with Gasteiger partial charge in [-0.2, -0.15) is 0 Å². The fourth-order valence-electron chi connectivity index (χ4n) is 6.45. The normalized spacial score (nSPS) is 30.0. The van der Waals surface area contributed by atoms with Gasteiger partial charge in [0.15, 0.2) is 5.78 Å². The number of hydrogen-bond acceptors (Lipinski definition) is 5. The van der Waals surface area contributed by atoms with Crippen LogP contribution in [0.15, 0.2) is 46.6 Å². The molecule has 1 unspecified atom stereocenters. The molecule has 1 saturated heterocycles. The van der Waals surface area contributed by atoms with Crippen molar-refractivity contribution in [2.45, 2.75) is 127 Å². The van der Waals surface area contributed by atoms with Gasteiger partial charge in [-0.15, -0.1) is 0 Å². The van der Waals surface area contributed by atoms with Crippen molar-refractivity contribution in [3.8, 4) is 0 Å². The molecule has 0 aromatic heterocycles. The minimum Gasteiger partial charge on any atom is -0.442 e. The number of hydrogen-bond donors (Lipinski definition) is 0. The molecule has 2 fully saturated rings. The van der Waals surface area contributed by atoms with E-state index < -0.39 is 39.9 Å². The zero-order valence-electron chi connectivity index (χ0n) is 27.5. The Balaban J connectivity index is 3.01. The number of rotatable bonds is 12. The SMILES string of the molecule is CCC(C)C(=O)[C@@H]1C(=O)[C@]2(CC=C(C)C)OC(=O)[C@](CC=C(C)C)(C[C@H](CC=C(C)C)[C@@]1(C)CCC=C(C)C)C2=O. The van der Waals surface area contributed by atoms with E-state index in [0.717, 1.165) is 16.7 Å². The number of allylic oxidation sites excluding steroid dienone is 7. The van der Waals surface area contributed by atoms with Crippen molar-refractivity contribution in [1.29, 1.82) is 0 Å². The van der Waals surface area contributed by atoms with Crippen molar-refractivity contribution < 1.29 is 23.9 Å². The summed E-state index contributed by atoms with van der Waals surface area (Å²) in [6.07, 6.45) is 10.8. The average molecular weight is 567 g/mol. The van der Waals surface area contributed by atoms with Crippen LogP contribution < -0.4 is 0 Å². The van der Waals surface area contributed by atoms with Gasteiger partial charge in [-0.3, -0.25) is 19.2 Å². The van der Waals surface area contributed by atoms with Crippen LogP contribution in [0.25, 0.3) is 0 Å². The molecule has 5 nitrogen and oxygen atoms in total. The monoisotopic (exact) mass is 566 g/mol. The van der Waals surface area contributed by atoms with Gasteiger partial charge in [-0.25, -0.2) is 0 Å². The fraction of sp³-hybridized carbons (Fsp3) is 0.667. The van der Waals surface area contributed by atoms with E-state index in [1.807, 2.05) is 75.3 Å². The van der Waals surface area contributed by atoms with E-state index in [-0.39, 0.29) is 36.9 Å². The van der Waals surface area contributed by atoms with Crippen molar-refractivity contribution in [2.24, 2.45) is 28.6 Å². The highest BCUT2D eigenvalue weighted by molar-refractivity contribution is 6.27. The first kappa shape index (κ1) is 34.6. The summed E-state index contributed by atoms with van der Waals surface area (Å²) in [5.74, 6) is -3.44. The molecule has 0 aromatic rings. The van der Waals surface area contributed by atoms with Crippen LogP contribution >= 0.6 is 0 Å². The molecule has 5 heteroatoms. The lowest BCUT2D eigenvalue weighted by atomic mass is 9.52. The summed E-state index contributed by atoms with van der Waals surface area (Å²) in [6.45, 7) is 21.7. The molecule has 1 aliphatic heterocycles. The standard InChI is InChI=1S/C36H54O5/c1-12-27(10)30(37)29-31(38)36(21-18-26(8)9)32(39)35(33(40)41-36,20-17-25(6)7)22-28(16-15-24(4)5)34(29,11)19-13-14-23(2)3/h14-15,17-18,27-29H,12-13,16,19-22H2,1-11H3/t27?,28-,29+,34+,35+,36-/m0/s1. The van der Waals surface area contributed by atoms with E-state index in [1.165, 1.54) is 5.57 Å². The first-order valence-corrected chi connectivity index (χ1v) is 15.4. The summed E-state index contributed by atoms with van der Waals surface area (Å²) in [4.78, 5) is 58.0. The highest BCUT2D eigenvalue weighted by atomic mass is 16.6. The summed E-state index contributed by atoms with van der Waals surface area (Å²) >= 11 is 0. The topological polar surface area (TPSA) is 77.5 Å². The molecule has 0 spiro atoms. The second kappa shape index (κ2) is 13.6. The fourth-order valence-corrected chi connectivity index (χ4v) is 6.45. The molecule has 1 heterocycles. The Kier molecular flexibility index (Phi) is 11.5. The maximum absolute atomic E-state index is 15.0. The molecule has 1 saturated carbocycles. The third-order valence-corrected chi connectivity index (χ3v) is 9.39. The van der Waals surface area contributed by atoms with Crippen LogP contribution in [0.2, 0.25) is 0 Å². The highest BCUT2D eigenvalue weighted by Crippen LogP contribution is 2.58. The molecular formula is C36H54O5. The van der Waals surface area contributed by atoms with Crippen molar-refractivity contribution in [2.75, 3.05) is 0 Å². The van der Waals surface area contributed by atoms with Crippen LogP contribution in [-0.2, 0) is 23.9 Å². The Hall–Kier alpha value is -2.56. The molecule has 2 bridgehead atoms. The van der Waals surface area contributed by atoms with Crippen molar-refractivity contribution in [1.82, 2.24) is 0 Å². The summed E-state index contributed by atoms with van der Waals surface area (Å²) in [5.41, 5.74) is -0.0423. The summed E-state index contributed by atoms with van der Waals surface area (Å²) in [5, 5.41) is 0. The summed E-state index contributed by atoms with van der Waals surface area (Å²) < 4.78 is 6.06. The largest absolute Gasteiger partial charge is 0.442 e. The van der Waals surface area contributed by atoms with E-state index in [2.05, 4.69) is 19.1 Å². The third kappa shape index (κ3) is 7.09. The minimum absolute atomic E-state index is 0.0394. The molecule has 2 rings (SSSR count). The second-order valence-corrected chi connectivity index (χ2v) is 13.9. The van der Waals surface area contributed by atoms with Gasteiger partial charge >= 0.3 is 5.97 Å². The van der Waals surface area contributed by atoms with Gasteiger partial charge < -0.3 is 4.74 Å². The quantitative estimate of drug-likeness (QED) is 0.134. The van der Waals surface area contributed by atoms with Crippen LogP contribution in [0.5, 0.6) is 0 Å². The van der Waals surface area contributed by atoms with Crippen LogP contribution in [0, 0.1) is 28.6 Å². The Labute approximate surface area is 249 Å². The van der Waals surface area contributed by atoms with E-state index in [1.54, 1.807) is 6.08 Å². The predicted molar refractivity (Wildman–Crippen MR) is 166 cm³/mol. The number of Topliss-reactive ketones (excluding diaryl/α,β-unsaturated/α-hetero) is 3. The molecule has 6 atom stereocenters. The summed E-state index contributed by atoms with van der Waals surface area (Å²) in [6, 6.07) is 0. The molecule has 41 heavy (non-hydrogen) atoms. The molecule has 228 valence electrons. The Morgan fingerprint density at radius 2 is 1.41 bits per heavy atom. The lowest BCUT2D eigenvalue weighted by Gasteiger charge is -2.48. The number of ketones is 3. The molecular weight excluding hydrogens is 512 g/mol. The number of carbonyl (C=O) groups is 4. The zero-order valence-corrected chi connectivity index (χ0v) is 27.5. The minimum atomic E-state index is -1.99. The zero-order chi connectivity index (χ0) is 31.3. The van der Waals surface area contributed by atoms with Crippen molar-refractivity contribution >= 4 is 23.3 Å². The van der Waals surface area contributed by atoms with E-state index in [4.69, 9.17) is 4.74 Å². The molecule has 1 aliphatic carbocycles. The Morgan fingerprint density at radius 1 is 0.878 bits per heavy atom. The lowest BCUT2D eigenvalue weighted by molar-refractivity contribution is -0.167. The Bertz CT molecular complexity index is 1150. The van der Waals surface area contributed by atoms with Gasteiger partial charge in [-0.1, -0.05) is 67.4 Å². The molecule has 0 N–H and O–H groups in total. The van der Waals surface area contributed by atoms with Crippen molar-refractivity contribution in [3.63, 3.8) is 0 Å². The van der Waals surface area contributed by atoms with Gasteiger partial charge in [0.05, 0.1) is 5.92 Å². The van der Waals surface area contributed by atoms with Crippen LogP contribution in [0.3, 0.4) is 0 Å².